The normalized spacial score (nSPS) is 15.7. The van der Waals surface area contributed by atoms with E-state index in [0.29, 0.717) is 12.2 Å². The molecule has 9 heteroatoms. The lowest BCUT2D eigenvalue weighted by atomic mass is 10.1. The average molecular weight is 477 g/mol. The van der Waals surface area contributed by atoms with Crippen molar-refractivity contribution in [2.45, 2.75) is 9.79 Å². The molecule has 0 bridgehead atoms. The summed E-state index contributed by atoms with van der Waals surface area (Å²) in [6.07, 6.45) is 3.29. The highest BCUT2D eigenvalue weighted by atomic mass is 35.5. The van der Waals surface area contributed by atoms with Crippen molar-refractivity contribution in [3.63, 3.8) is 0 Å². The third kappa shape index (κ3) is 6.35. The molecule has 1 fully saturated rings. The zero-order chi connectivity index (χ0) is 23.3. The van der Waals surface area contributed by atoms with Crippen LogP contribution in [0.2, 0.25) is 5.02 Å². The number of carboxylic acid groups (broad SMARTS) is 2. The summed E-state index contributed by atoms with van der Waals surface area (Å²) < 4.78 is 13.7. The third-order valence-corrected chi connectivity index (χ3v) is 6.30. The molecule has 2 N–H and O–H groups in total. The second-order valence-electron chi connectivity index (χ2n) is 7.25. The fourth-order valence-corrected chi connectivity index (χ4v) is 4.54. The van der Waals surface area contributed by atoms with Crippen LogP contribution in [-0.4, -0.2) is 65.2 Å². The maximum absolute atomic E-state index is 13.7. The second-order valence-corrected chi connectivity index (χ2v) is 8.77. The molecular weight excluding hydrogens is 455 g/mol. The van der Waals surface area contributed by atoms with Gasteiger partial charge in [-0.3, -0.25) is 0 Å². The van der Waals surface area contributed by atoms with Gasteiger partial charge in [0, 0.05) is 64.4 Å². The number of nitrogens with zero attached hydrogens (tertiary/aromatic N) is 2. The molecular formula is C23H22ClFN2O4S. The molecule has 2 aromatic rings. The van der Waals surface area contributed by atoms with E-state index in [1.165, 1.54) is 11.8 Å². The zero-order valence-electron chi connectivity index (χ0n) is 17.3. The van der Waals surface area contributed by atoms with Crippen molar-refractivity contribution in [1.82, 2.24) is 9.80 Å². The third-order valence-electron chi connectivity index (χ3n) is 4.92. The molecule has 0 aliphatic carbocycles. The van der Waals surface area contributed by atoms with Gasteiger partial charge in [0.05, 0.1) is 0 Å². The minimum Gasteiger partial charge on any atom is -0.478 e. The molecule has 0 spiro atoms. The van der Waals surface area contributed by atoms with Crippen LogP contribution in [-0.2, 0) is 9.59 Å². The number of halogens is 2. The Morgan fingerprint density at radius 1 is 1.00 bits per heavy atom. The number of fused-ring (bicyclic) bond motifs is 2. The van der Waals surface area contributed by atoms with E-state index in [9.17, 15) is 14.0 Å². The maximum Gasteiger partial charge on any atom is 0.328 e. The molecule has 6 nitrogen and oxygen atoms in total. The Bertz CT molecular complexity index is 1070. The molecule has 0 aromatic heterocycles. The first kappa shape index (κ1) is 23.8. The van der Waals surface area contributed by atoms with E-state index in [1.807, 2.05) is 24.3 Å². The van der Waals surface area contributed by atoms with Gasteiger partial charge in [-0.05, 0) is 49.0 Å². The number of hydrogen-bond acceptors (Lipinski definition) is 5. The van der Waals surface area contributed by atoms with Gasteiger partial charge in [-0.15, -0.1) is 0 Å². The van der Waals surface area contributed by atoms with Gasteiger partial charge in [-0.25, -0.2) is 14.0 Å². The summed E-state index contributed by atoms with van der Waals surface area (Å²) in [4.78, 5) is 25.9. The molecule has 0 saturated carbocycles. The lowest BCUT2D eigenvalue weighted by Crippen LogP contribution is -2.43. The number of benzene rings is 2. The lowest BCUT2D eigenvalue weighted by molar-refractivity contribution is -0.134. The van der Waals surface area contributed by atoms with Crippen molar-refractivity contribution in [2.24, 2.45) is 0 Å². The number of aliphatic carboxylic acids is 2. The van der Waals surface area contributed by atoms with Gasteiger partial charge >= 0.3 is 11.9 Å². The summed E-state index contributed by atoms with van der Waals surface area (Å²) in [5, 5.41) is 16.4. The Hall–Kier alpha value is -2.81. The van der Waals surface area contributed by atoms with Crippen molar-refractivity contribution in [2.75, 3.05) is 33.2 Å². The fraction of sp³-hybridized carbons (Fsp3) is 0.217. The van der Waals surface area contributed by atoms with Gasteiger partial charge in [-0.1, -0.05) is 29.4 Å². The molecule has 4 rings (SSSR count). The van der Waals surface area contributed by atoms with Crippen molar-refractivity contribution in [1.29, 1.82) is 0 Å². The van der Waals surface area contributed by atoms with E-state index >= 15 is 0 Å². The lowest BCUT2D eigenvalue weighted by Gasteiger charge is -2.36. The summed E-state index contributed by atoms with van der Waals surface area (Å²) >= 11 is 7.88. The first-order valence-corrected chi connectivity index (χ1v) is 11.0. The van der Waals surface area contributed by atoms with Crippen LogP contribution in [0.4, 0.5) is 4.39 Å². The summed E-state index contributed by atoms with van der Waals surface area (Å²) in [5.74, 6) is -2.71. The second kappa shape index (κ2) is 10.7. The van der Waals surface area contributed by atoms with E-state index in [-0.39, 0.29) is 5.82 Å². The monoisotopic (exact) mass is 476 g/mol. The van der Waals surface area contributed by atoms with Gasteiger partial charge in [0.2, 0.25) is 0 Å². The minimum atomic E-state index is -1.26. The Labute approximate surface area is 194 Å². The van der Waals surface area contributed by atoms with Crippen LogP contribution < -0.4 is 0 Å². The molecule has 2 aromatic carbocycles. The van der Waals surface area contributed by atoms with Crippen molar-refractivity contribution < 1.29 is 24.2 Å². The predicted molar refractivity (Wildman–Crippen MR) is 123 cm³/mol. The van der Waals surface area contributed by atoms with Gasteiger partial charge in [0.15, 0.2) is 0 Å². The van der Waals surface area contributed by atoms with Gasteiger partial charge < -0.3 is 20.0 Å². The quantitative estimate of drug-likeness (QED) is 0.635. The predicted octanol–water partition coefficient (Wildman–Crippen LogP) is 4.40. The largest absolute Gasteiger partial charge is 0.478 e. The smallest absolute Gasteiger partial charge is 0.328 e. The molecule has 32 heavy (non-hydrogen) atoms. The molecule has 0 atom stereocenters. The van der Waals surface area contributed by atoms with Crippen LogP contribution >= 0.6 is 23.4 Å². The number of carboxylic acids is 2. The van der Waals surface area contributed by atoms with Crippen molar-refractivity contribution in [3.8, 4) is 0 Å². The highest BCUT2D eigenvalue weighted by Gasteiger charge is 2.23. The molecule has 168 valence electrons. The van der Waals surface area contributed by atoms with Crippen molar-refractivity contribution in [3.05, 3.63) is 70.5 Å². The number of hydrogen-bond donors (Lipinski definition) is 2. The van der Waals surface area contributed by atoms with Crippen LogP contribution in [0.5, 0.6) is 0 Å². The highest BCUT2D eigenvalue weighted by Crippen LogP contribution is 2.42. The Morgan fingerprint density at radius 3 is 2.28 bits per heavy atom. The summed E-state index contributed by atoms with van der Waals surface area (Å²) in [6.45, 7) is 4.04. The standard InChI is InChI=1S/C19H18ClFN2S.C4H4O4/c1-22-6-8-23(9-7-22)17-10-13-2-4-15(21)12-19(13)24-18-5-3-14(20)11-16(17)18;5-3(6)1-2-4(7)8/h2-5,10-12H,6-9H2,1H3;1-2H,(H,5,6)(H,7,8)/b;2-1+. The molecule has 0 radical (unpaired) electrons. The molecule has 2 aliphatic heterocycles. The summed E-state index contributed by atoms with van der Waals surface area (Å²) in [5.41, 5.74) is 3.37. The van der Waals surface area contributed by atoms with E-state index in [2.05, 4.69) is 22.9 Å². The first-order valence-electron chi connectivity index (χ1n) is 9.79. The topological polar surface area (TPSA) is 81.1 Å². The van der Waals surface area contributed by atoms with Crippen LogP contribution in [0.1, 0.15) is 11.1 Å². The molecule has 2 heterocycles. The first-order chi connectivity index (χ1) is 15.2. The van der Waals surface area contributed by atoms with Gasteiger partial charge in [0.1, 0.15) is 5.82 Å². The maximum atomic E-state index is 13.7. The Kier molecular flexibility index (Phi) is 7.95. The van der Waals surface area contributed by atoms with E-state index < -0.39 is 11.9 Å². The summed E-state index contributed by atoms with van der Waals surface area (Å²) in [6, 6.07) is 11.0. The summed E-state index contributed by atoms with van der Waals surface area (Å²) in [7, 11) is 2.15. The fourth-order valence-electron chi connectivity index (χ4n) is 3.30. The van der Waals surface area contributed by atoms with Gasteiger partial charge in [0.25, 0.3) is 0 Å². The SMILES string of the molecule is CN1CCN(C2=Cc3ccc(F)cc3Sc3ccc(Cl)cc32)CC1.O=C(O)/C=C/C(=O)O. The van der Waals surface area contributed by atoms with Crippen LogP contribution in [0.15, 0.2) is 58.3 Å². The number of rotatable bonds is 3. The van der Waals surface area contributed by atoms with Crippen LogP contribution in [0.25, 0.3) is 11.8 Å². The Morgan fingerprint density at radius 2 is 1.66 bits per heavy atom. The van der Waals surface area contributed by atoms with E-state index in [0.717, 1.165) is 52.1 Å². The van der Waals surface area contributed by atoms with E-state index in [1.54, 1.807) is 17.8 Å². The Balaban J connectivity index is 0.000000312. The van der Waals surface area contributed by atoms with Crippen molar-refractivity contribution >= 4 is 47.1 Å². The minimum absolute atomic E-state index is 0.201. The highest BCUT2D eigenvalue weighted by molar-refractivity contribution is 7.99. The average Bonchev–Trinajstić information content (AvgIpc) is 2.89. The van der Waals surface area contributed by atoms with Gasteiger partial charge in [-0.2, -0.15) is 0 Å². The molecule has 0 unspecified atom stereocenters. The zero-order valence-corrected chi connectivity index (χ0v) is 18.9. The number of piperazine rings is 1. The van der Waals surface area contributed by atoms with Crippen LogP contribution in [0.3, 0.4) is 0 Å². The molecule has 0 amide bonds. The molecule has 2 aliphatic rings. The number of carbonyl (C=O) groups is 2. The molecule has 1 saturated heterocycles. The number of likely N-dealkylation sites (N-methyl/N-ethyl adjacent to an activating group) is 1. The van der Waals surface area contributed by atoms with Crippen LogP contribution in [0, 0.1) is 5.82 Å². The van der Waals surface area contributed by atoms with E-state index in [4.69, 9.17) is 21.8 Å².